The maximum atomic E-state index is 6.09. The number of hydrogen-bond donors (Lipinski definition) is 1. The highest BCUT2D eigenvalue weighted by atomic mass is 16.5. The van der Waals surface area contributed by atoms with Crippen LogP contribution in [0.4, 0.5) is 0 Å². The Hall–Kier alpha value is -1.02. The molecular formula is C17H25NO. The monoisotopic (exact) mass is 259 g/mol. The quantitative estimate of drug-likeness (QED) is 0.881. The van der Waals surface area contributed by atoms with Crippen LogP contribution in [0.2, 0.25) is 0 Å². The van der Waals surface area contributed by atoms with Gasteiger partial charge in [-0.25, -0.2) is 0 Å². The summed E-state index contributed by atoms with van der Waals surface area (Å²) in [5.74, 6) is 1.07. The normalized spacial score (nSPS) is 23.7. The van der Waals surface area contributed by atoms with Crippen molar-refractivity contribution in [2.75, 3.05) is 6.54 Å². The number of hydrogen-bond acceptors (Lipinski definition) is 2. The molecule has 0 bridgehead atoms. The van der Waals surface area contributed by atoms with E-state index < -0.39 is 0 Å². The minimum atomic E-state index is -0.0204. The largest absolute Gasteiger partial charge is 0.488 e. The van der Waals surface area contributed by atoms with Crippen LogP contribution in [0, 0.1) is 0 Å². The zero-order valence-corrected chi connectivity index (χ0v) is 12.2. The lowest BCUT2D eigenvalue weighted by atomic mass is 9.77. The summed E-state index contributed by atoms with van der Waals surface area (Å²) >= 11 is 0. The van der Waals surface area contributed by atoms with E-state index in [0.29, 0.717) is 0 Å². The lowest BCUT2D eigenvalue weighted by molar-refractivity contribution is 0.0846. The number of fused-ring (bicyclic) bond motifs is 1. The Kier molecular flexibility index (Phi) is 3.09. The van der Waals surface area contributed by atoms with Gasteiger partial charge in [0, 0.05) is 12.0 Å². The summed E-state index contributed by atoms with van der Waals surface area (Å²) in [6.07, 6.45) is 7.34. The molecule has 1 heterocycles. The number of aryl methyl sites for hydroxylation is 1. The van der Waals surface area contributed by atoms with Gasteiger partial charge in [-0.3, -0.25) is 0 Å². The molecule has 19 heavy (non-hydrogen) atoms. The summed E-state index contributed by atoms with van der Waals surface area (Å²) in [6.45, 7) is 5.11. The summed E-state index contributed by atoms with van der Waals surface area (Å²) in [7, 11) is 0. The molecule has 2 nitrogen and oxygen atoms in total. The molecule has 0 amide bonds. The Bertz CT molecular complexity index is 472. The van der Waals surface area contributed by atoms with E-state index >= 15 is 0 Å². The van der Waals surface area contributed by atoms with Crippen LogP contribution in [0.15, 0.2) is 18.2 Å². The van der Waals surface area contributed by atoms with Gasteiger partial charge in [0.25, 0.3) is 0 Å². The predicted molar refractivity (Wildman–Crippen MR) is 78.7 cm³/mol. The van der Waals surface area contributed by atoms with Crippen molar-refractivity contribution in [3.63, 3.8) is 0 Å². The van der Waals surface area contributed by atoms with Crippen molar-refractivity contribution in [1.82, 2.24) is 0 Å². The van der Waals surface area contributed by atoms with Gasteiger partial charge in [-0.1, -0.05) is 25.0 Å². The first-order valence-corrected chi connectivity index (χ1v) is 7.57. The third kappa shape index (κ3) is 2.27. The third-order valence-corrected chi connectivity index (χ3v) is 5.01. The topological polar surface area (TPSA) is 35.2 Å². The van der Waals surface area contributed by atoms with E-state index in [0.717, 1.165) is 25.1 Å². The molecule has 3 rings (SSSR count). The fourth-order valence-corrected chi connectivity index (χ4v) is 3.65. The summed E-state index contributed by atoms with van der Waals surface area (Å²) in [5, 5.41) is 0. The van der Waals surface area contributed by atoms with Crippen molar-refractivity contribution < 1.29 is 4.74 Å². The van der Waals surface area contributed by atoms with Crippen LogP contribution in [-0.2, 0) is 11.8 Å². The van der Waals surface area contributed by atoms with Crippen LogP contribution in [0.5, 0.6) is 5.75 Å². The molecule has 1 aromatic rings. The molecule has 2 heteroatoms. The molecule has 0 spiro atoms. The van der Waals surface area contributed by atoms with E-state index in [-0.39, 0.29) is 11.0 Å². The highest BCUT2D eigenvalue weighted by molar-refractivity contribution is 5.42. The molecule has 2 aliphatic rings. The van der Waals surface area contributed by atoms with E-state index in [1.807, 2.05) is 0 Å². The fourth-order valence-electron chi connectivity index (χ4n) is 3.65. The summed E-state index contributed by atoms with van der Waals surface area (Å²) in [6, 6.07) is 6.78. The summed E-state index contributed by atoms with van der Waals surface area (Å²) in [4.78, 5) is 0. The average Bonchev–Trinajstić information content (AvgIpc) is 2.87. The molecular weight excluding hydrogens is 234 g/mol. The molecule has 0 unspecified atom stereocenters. The minimum Gasteiger partial charge on any atom is -0.488 e. The van der Waals surface area contributed by atoms with Crippen molar-refractivity contribution in [1.29, 1.82) is 0 Å². The van der Waals surface area contributed by atoms with Gasteiger partial charge in [-0.05, 0) is 56.7 Å². The molecule has 1 aliphatic carbocycles. The maximum Gasteiger partial charge on any atom is 0.123 e. The third-order valence-electron chi connectivity index (χ3n) is 5.01. The van der Waals surface area contributed by atoms with Gasteiger partial charge in [0.15, 0.2) is 0 Å². The van der Waals surface area contributed by atoms with Crippen LogP contribution in [0.1, 0.15) is 57.1 Å². The molecule has 104 valence electrons. The number of ether oxygens (including phenoxy) is 1. The Morgan fingerprint density at radius 1 is 1.16 bits per heavy atom. The number of benzene rings is 1. The van der Waals surface area contributed by atoms with Crippen LogP contribution in [0.3, 0.4) is 0 Å². The highest BCUT2D eigenvalue weighted by Crippen LogP contribution is 2.43. The standard InChI is InChI=1S/C17H25NO/c1-16(2)10-7-13-11-14(5-6-15(13)19-16)17(12-18)8-3-4-9-17/h5-6,11H,3-4,7-10,12,18H2,1-2H3. The van der Waals surface area contributed by atoms with Gasteiger partial charge >= 0.3 is 0 Å². The Labute approximate surface area is 116 Å². The lowest BCUT2D eigenvalue weighted by Gasteiger charge is -2.34. The minimum absolute atomic E-state index is 0.0204. The maximum absolute atomic E-state index is 6.09. The predicted octanol–water partition coefficient (Wildman–Crippen LogP) is 3.56. The van der Waals surface area contributed by atoms with Gasteiger partial charge < -0.3 is 10.5 Å². The van der Waals surface area contributed by atoms with Crippen molar-refractivity contribution in [2.45, 2.75) is 63.4 Å². The van der Waals surface area contributed by atoms with Gasteiger partial charge in [0.2, 0.25) is 0 Å². The first kappa shape index (κ1) is 13.0. The Morgan fingerprint density at radius 3 is 2.58 bits per heavy atom. The molecule has 0 aromatic heterocycles. The van der Waals surface area contributed by atoms with Gasteiger partial charge in [0.1, 0.15) is 11.4 Å². The fraction of sp³-hybridized carbons (Fsp3) is 0.647. The smallest absolute Gasteiger partial charge is 0.123 e. The zero-order valence-electron chi connectivity index (χ0n) is 12.2. The van der Waals surface area contributed by atoms with E-state index in [1.165, 1.54) is 36.8 Å². The molecule has 1 aliphatic heterocycles. The van der Waals surface area contributed by atoms with Gasteiger partial charge in [-0.2, -0.15) is 0 Å². The van der Waals surface area contributed by atoms with Crippen molar-refractivity contribution >= 4 is 0 Å². The van der Waals surface area contributed by atoms with Gasteiger partial charge in [0.05, 0.1) is 0 Å². The van der Waals surface area contributed by atoms with E-state index in [2.05, 4.69) is 32.0 Å². The molecule has 0 saturated heterocycles. The molecule has 2 N–H and O–H groups in total. The summed E-state index contributed by atoms with van der Waals surface area (Å²) in [5.41, 5.74) is 9.12. The van der Waals surface area contributed by atoms with E-state index in [9.17, 15) is 0 Å². The second kappa shape index (κ2) is 4.52. The molecule has 0 atom stereocenters. The second-order valence-electron chi connectivity index (χ2n) is 6.88. The molecule has 0 radical (unpaired) electrons. The first-order chi connectivity index (χ1) is 9.05. The second-order valence-corrected chi connectivity index (χ2v) is 6.88. The first-order valence-electron chi connectivity index (χ1n) is 7.57. The van der Waals surface area contributed by atoms with Crippen molar-refractivity contribution in [3.05, 3.63) is 29.3 Å². The molecule has 1 saturated carbocycles. The van der Waals surface area contributed by atoms with Crippen LogP contribution in [-0.4, -0.2) is 12.1 Å². The number of rotatable bonds is 2. The van der Waals surface area contributed by atoms with Crippen LogP contribution >= 0.6 is 0 Å². The van der Waals surface area contributed by atoms with Crippen LogP contribution in [0.25, 0.3) is 0 Å². The molecule has 1 fully saturated rings. The molecule has 1 aromatic carbocycles. The SMILES string of the molecule is CC1(C)CCc2cc(C3(CN)CCCC3)ccc2O1. The van der Waals surface area contributed by atoms with E-state index in [4.69, 9.17) is 10.5 Å². The van der Waals surface area contributed by atoms with Crippen molar-refractivity contribution in [3.8, 4) is 5.75 Å². The lowest BCUT2D eigenvalue weighted by Crippen LogP contribution is -2.34. The number of nitrogens with two attached hydrogens (primary N) is 1. The average molecular weight is 259 g/mol. The Morgan fingerprint density at radius 2 is 1.89 bits per heavy atom. The van der Waals surface area contributed by atoms with E-state index in [1.54, 1.807) is 0 Å². The van der Waals surface area contributed by atoms with Crippen LogP contribution < -0.4 is 10.5 Å². The Balaban J connectivity index is 1.94. The summed E-state index contributed by atoms with van der Waals surface area (Å²) < 4.78 is 6.07. The van der Waals surface area contributed by atoms with Crippen molar-refractivity contribution in [2.24, 2.45) is 5.73 Å². The zero-order chi connectivity index (χ0) is 13.5. The highest BCUT2D eigenvalue weighted by Gasteiger charge is 2.35. The van der Waals surface area contributed by atoms with Gasteiger partial charge in [-0.15, -0.1) is 0 Å².